The standard InChI is InChI=1S/C27H46O2Si/c1-4-5-21-30(2,3)27-17-13-25(14-18-27)23-9-7-22(8-10-23)24-11-15-26(16-12-24)29-20-6-19-28/h13-14,17-18,22-24,26,28H,4-12,15-16,19-21H2,1-3H3. The molecule has 0 bridgehead atoms. The van der Waals surface area contributed by atoms with E-state index in [4.69, 9.17) is 9.84 Å². The maximum absolute atomic E-state index is 8.91. The van der Waals surface area contributed by atoms with Gasteiger partial charge in [0.2, 0.25) is 0 Å². The molecule has 3 rings (SSSR count). The fraction of sp³-hybridized carbons (Fsp3) is 0.778. The minimum atomic E-state index is -1.25. The van der Waals surface area contributed by atoms with Gasteiger partial charge in [-0.2, -0.15) is 0 Å². The molecule has 0 atom stereocenters. The number of hydrogen-bond acceptors (Lipinski definition) is 2. The lowest BCUT2D eigenvalue weighted by atomic mass is 9.69. The Bertz CT molecular complexity index is 596. The number of benzene rings is 1. The first-order valence-corrected chi connectivity index (χ1v) is 16.1. The van der Waals surface area contributed by atoms with E-state index < -0.39 is 8.07 Å². The van der Waals surface area contributed by atoms with E-state index in [1.165, 1.54) is 70.3 Å². The third kappa shape index (κ3) is 6.68. The Kier molecular flexibility index (Phi) is 9.47. The number of unbranched alkanes of at least 4 members (excludes halogenated alkanes) is 1. The molecule has 0 aliphatic heterocycles. The lowest BCUT2D eigenvalue weighted by Crippen LogP contribution is -2.41. The van der Waals surface area contributed by atoms with E-state index in [-0.39, 0.29) is 6.61 Å². The molecule has 2 nitrogen and oxygen atoms in total. The van der Waals surface area contributed by atoms with Crippen LogP contribution in [0, 0.1) is 11.8 Å². The van der Waals surface area contributed by atoms with Crippen LogP contribution in [0.4, 0.5) is 0 Å². The third-order valence-corrected chi connectivity index (χ3v) is 11.6. The lowest BCUT2D eigenvalue weighted by molar-refractivity contribution is 0.00268. The van der Waals surface area contributed by atoms with Crippen LogP contribution < -0.4 is 5.19 Å². The van der Waals surface area contributed by atoms with Crippen LogP contribution in [0.15, 0.2) is 24.3 Å². The number of ether oxygens (including phenoxy) is 1. The van der Waals surface area contributed by atoms with Crippen molar-refractivity contribution >= 4 is 13.3 Å². The van der Waals surface area contributed by atoms with E-state index in [2.05, 4.69) is 44.3 Å². The number of aliphatic hydroxyl groups is 1. The maximum atomic E-state index is 8.91. The second-order valence-electron chi connectivity index (χ2n) is 10.7. The Labute approximate surface area is 186 Å². The molecule has 170 valence electrons. The van der Waals surface area contributed by atoms with Crippen molar-refractivity contribution in [2.45, 2.75) is 109 Å². The van der Waals surface area contributed by atoms with Gasteiger partial charge in [-0.15, -0.1) is 0 Å². The van der Waals surface area contributed by atoms with Gasteiger partial charge in [0.1, 0.15) is 0 Å². The molecule has 1 N–H and O–H groups in total. The topological polar surface area (TPSA) is 29.5 Å². The van der Waals surface area contributed by atoms with Gasteiger partial charge in [0.25, 0.3) is 0 Å². The Morgan fingerprint density at radius 1 is 0.867 bits per heavy atom. The predicted molar refractivity (Wildman–Crippen MR) is 131 cm³/mol. The Morgan fingerprint density at radius 3 is 2.03 bits per heavy atom. The van der Waals surface area contributed by atoms with Crippen LogP contribution in [0.25, 0.3) is 0 Å². The molecule has 2 saturated carbocycles. The van der Waals surface area contributed by atoms with Crippen LogP contribution in [0.1, 0.15) is 89.0 Å². The van der Waals surface area contributed by atoms with Crippen molar-refractivity contribution < 1.29 is 9.84 Å². The summed E-state index contributed by atoms with van der Waals surface area (Å²) in [7, 11) is -1.25. The van der Waals surface area contributed by atoms with Gasteiger partial charge in [-0.1, -0.05) is 68.4 Å². The fourth-order valence-corrected chi connectivity index (χ4v) is 8.53. The smallest absolute Gasteiger partial charge is 0.0806 e. The van der Waals surface area contributed by atoms with Crippen molar-refractivity contribution in [2.24, 2.45) is 11.8 Å². The highest BCUT2D eigenvalue weighted by molar-refractivity contribution is 6.89. The summed E-state index contributed by atoms with van der Waals surface area (Å²) >= 11 is 0. The van der Waals surface area contributed by atoms with Gasteiger partial charge in [0.05, 0.1) is 14.2 Å². The van der Waals surface area contributed by atoms with Crippen LogP contribution >= 0.6 is 0 Å². The zero-order valence-corrected chi connectivity index (χ0v) is 20.9. The first kappa shape index (κ1) is 24.0. The number of rotatable bonds is 10. The normalized spacial score (nSPS) is 27.9. The van der Waals surface area contributed by atoms with Gasteiger partial charge < -0.3 is 9.84 Å². The molecule has 2 aliphatic carbocycles. The molecule has 30 heavy (non-hydrogen) atoms. The second-order valence-corrected chi connectivity index (χ2v) is 15.6. The second kappa shape index (κ2) is 11.8. The first-order chi connectivity index (χ1) is 14.5. The number of hydrogen-bond donors (Lipinski definition) is 1. The summed E-state index contributed by atoms with van der Waals surface area (Å²) < 4.78 is 5.93. The van der Waals surface area contributed by atoms with Crippen LogP contribution in [0.2, 0.25) is 19.1 Å². The van der Waals surface area contributed by atoms with Crippen molar-refractivity contribution in [3.63, 3.8) is 0 Å². The fourth-order valence-electron chi connectivity index (χ4n) is 5.93. The molecule has 1 aromatic carbocycles. The monoisotopic (exact) mass is 430 g/mol. The summed E-state index contributed by atoms with van der Waals surface area (Å²) in [6.07, 6.45) is 14.7. The highest BCUT2D eigenvalue weighted by Gasteiger charge is 2.31. The molecule has 2 fully saturated rings. The lowest BCUT2D eigenvalue weighted by Gasteiger charge is -2.38. The Morgan fingerprint density at radius 2 is 1.47 bits per heavy atom. The summed E-state index contributed by atoms with van der Waals surface area (Å²) in [5, 5.41) is 10.6. The van der Waals surface area contributed by atoms with E-state index in [1.54, 1.807) is 10.8 Å². The van der Waals surface area contributed by atoms with E-state index in [0.717, 1.165) is 30.8 Å². The molecule has 2 aliphatic rings. The van der Waals surface area contributed by atoms with Crippen LogP contribution in [0.3, 0.4) is 0 Å². The average Bonchev–Trinajstić information content (AvgIpc) is 2.79. The maximum Gasteiger partial charge on any atom is 0.0806 e. The van der Waals surface area contributed by atoms with Gasteiger partial charge in [-0.05, 0) is 81.1 Å². The van der Waals surface area contributed by atoms with Crippen molar-refractivity contribution in [3.05, 3.63) is 29.8 Å². The van der Waals surface area contributed by atoms with E-state index in [0.29, 0.717) is 6.10 Å². The molecule has 3 heteroatoms. The zero-order valence-electron chi connectivity index (χ0n) is 19.9. The van der Waals surface area contributed by atoms with E-state index in [1.807, 2.05) is 0 Å². The summed E-state index contributed by atoms with van der Waals surface area (Å²) in [5.74, 6) is 2.66. The highest BCUT2D eigenvalue weighted by atomic mass is 28.3. The van der Waals surface area contributed by atoms with Crippen molar-refractivity contribution in [2.75, 3.05) is 13.2 Å². The van der Waals surface area contributed by atoms with Gasteiger partial charge in [-0.3, -0.25) is 0 Å². The third-order valence-electron chi connectivity index (χ3n) is 8.13. The van der Waals surface area contributed by atoms with Crippen molar-refractivity contribution in [1.29, 1.82) is 0 Å². The molecule has 0 unspecified atom stereocenters. The molecule has 0 heterocycles. The minimum absolute atomic E-state index is 0.250. The Hall–Kier alpha value is -0.643. The summed E-state index contributed by atoms with van der Waals surface area (Å²) in [6.45, 7) is 8.36. The Balaban J connectivity index is 1.43. The van der Waals surface area contributed by atoms with E-state index in [9.17, 15) is 0 Å². The molecular weight excluding hydrogens is 384 g/mol. The molecule has 0 saturated heterocycles. The van der Waals surface area contributed by atoms with Gasteiger partial charge in [0, 0.05) is 13.2 Å². The molecular formula is C27H46O2Si. The van der Waals surface area contributed by atoms with Crippen LogP contribution in [0.5, 0.6) is 0 Å². The van der Waals surface area contributed by atoms with Gasteiger partial charge >= 0.3 is 0 Å². The molecule has 1 aromatic rings. The van der Waals surface area contributed by atoms with Crippen LogP contribution in [-0.2, 0) is 4.74 Å². The predicted octanol–water partition coefficient (Wildman–Crippen LogP) is 6.63. The molecule has 0 aromatic heterocycles. The summed E-state index contributed by atoms with van der Waals surface area (Å²) in [5.41, 5.74) is 1.60. The quantitative estimate of drug-likeness (QED) is 0.333. The number of aliphatic hydroxyl groups excluding tert-OH is 1. The van der Waals surface area contributed by atoms with Crippen LogP contribution in [-0.4, -0.2) is 32.5 Å². The highest BCUT2D eigenvalue weighted by Crippen LogP contribution is 2.43. The largest absolute Gasteiger partial charge is 0.396 e. The molecule has 0 radical (unpaired) electrons. The first-order valence-electron chi connectivity index (χ1n) is 12.9. The minimum Gasteiger partial charge on any atom is -0.396 e. The van der Waals surface area contributed by atoms with Crippen molar-refractivity contribution in [1.82, 2.24) is 0 Å². The van der Waals surface area contributed by atoms with Gasteiger partial charge in [-0.25, -0.2) is 0 Å². The molecule has 0 amide bonds. The van der Waals surface area contributed by atoms with Crippen molar-refractivity contribution in [3.8, 4) is 0 Å². The SMILES string of the molecule is CCCC[Si](C)(C)c1ccc(C2CCC(C3CCC(OCCCO)CC3)CC2)cc1. The van der Waals surface area contributed by atoms with E-state index >= 15 is 0 Å². The summed E-state index contributed by atoms with van der Waals surface area (Å²) in [4.78, 5) is 0. The summed E-state index contributed by atoms with van der Waals surface area (Å²) in [6, 6.07) is 11.3. The van der Waals surface area contributed by atoms with Gasteiger partial charge in [0.15, 0.2) is 0 Å². The average molecular weight is 431 g/mol. The molecule has 0 spiro atoms. The zero-order chi connectivity index (χ0) is 21.4.